The van der Waals surface area contributed by atoms with Crippen molar-refractivity contribution >= 4 is 23.5 Å². The van der Waals surface area contributed by atoms with Crippen molar-refractivity contribution in [1.29, 1.82) is 0 Å². The van der Waals surface area contributed by atoms with Crippen LogP contribution >= 0.6 is 11.8 Å². The Kier molecular flexibility index (Phi) is 4.62. The maximum absolute atomic E-state index is 13.5. The number of hydrogen-bond acceptors (Lipinski definition) is 3. The number of anilines is 1. The minimum absolute atomic E-state index is 0.164. The summed E-state index contributed by atoms with van der Waals surface area (Å²) >= 11 is 0.881. The molecule has 0 saturated carbocycles. The molecule has 1 unspecified atom stereocenters. The summed E-state index contributed by atoms with van der Waals surface area (Å²) in [5.74, 6) is -4.85. The maximum atomic E-state index is 13.5. The number of benzene rings is 1. The van der Waals surface area contributed by atoms with Crippen LogP contribution in [0.25, 0.3) is 0 Å². The molecule has 0 bridgehead atoms. The van der Waals surface area contributed by atoms with Gasteiger partial charge in [-0.15, -0.1) is 11.8 Å². The number of nitrogens with one attached hydrogen (secondary N) is 2. The average molecular weight is 324 g/mol. The largest absolute Gasteiger partial charge is 0.373 e. The topological polar surface area (TPSA) is 50.4 Å². The number of carbonyl (C=O) groups is 1. The van der Waals surface area contributed by atoms with E-state index in [9.17, 15) is 22.4 Å². The van der Waals surface area contributed by atoms with E-state index in [1.807, 2.05) is 5.32 Å². The van der Waals surface area contributed by atoms with E-state index in [-0.39, 0.29) is 17.2 Å². The first-order chi connectivity index (χ1) is 9.83. The molecule has 4 nitrogen and oxygen atoms in total. The fourth-order valence-corrected chi connectivity index (χ4v) is 2.34. The number of thioether (sulfide) groups is 1. The van der Waals surface area contributed by atoms with Gasteiger partial charge in [-0.25, -0.2) is 22.4 Å². The van der Waals surface area contributed by atoms with Crippen LogP contribution in [-0.2, 0) is 4.74 Å². The molecule has 0 aromatic heterocycles. The van der Waals surface area contributed by atoms with Crippen LogP contribution in [0.3, 0.4) is 0 Å². The van der Waals surface area contributed by atoms with Crippen molar-refractivity contribution in [1.82, 2.24) is 5.32 Å². The van der Waals surface area contributed by atoms with Gasteiger partial charge in [-0.05, 0) is 18.4 Å². The third-order valence-electron chi connectivity index (χ3n) is 2.85. The summed E-state index contributed by atoms with van der Waals surface area (Å²) in [7, 11) is 0. The van der Waals surface area contributed by atoms with E-state index in [4.69, 9.17) is 0 Å². The highest BCUT2D eigenvalue weighted by Crippen LogP contribution is 2.27. The number of halogens is 4. The molecule has 1 fully saturated rings. The third kappa shape index (κ3) is 3.59. The molecule has 21 heavy (non-hydrogen) atoms. The second-order valence-electron chi connectivity index (χ2n) is 4.40. The molecule has 1 aromatic carbocycles. The zero-order chi connectivity index (χ0) is 15.6. The van der Waals surface area contributed by atoms with E-state index < -0.39 is 36.2 Å². The standard InChI is InChI=1S/C12H12F4N2O2S/c1-21-10-7(13)2-6(3-8(10)14)17-11(19)18-9-4-20-5-12(9,15)16/h2-3,9H,4-5H2,1H3,(H2,17,18,19). The first kappa shape index (κ1) is 15.9. The molecule has 0 radical (unpaired) electrons. The number of alkyl halides is 2. The van der Waals surface area contributed by atoms with Crippen LogP contribution in [-0.4, -0.2) is 37.5 Å². The Morgan fingerprint density at radius 1 is 1.38 bits per heavy atom. The predicted octanol–water partition coefficient (Wildman–Crippen LogP) is 2.84. The molecule has 1 atom stereocenters. The molecular formula is C12H12F4N2O2S. The van der Waals surface area contributed by atoms with E-state index in [0.717, 1.165) is 23.9 Å². The number of urea groups is 1. The SMILES string of the molecule is CSc1c(F)cc(NC(=O)NC2COCC2(F)F)cc1F. The van der Waals surface area contributed by atoms with Crippen LogP contribution in [0.5, 0.6) is 0 Å². The van der Waals surface area contributed by atoms with Crippen LogP contribution in [0.2, 0.25) is 0 Å². The Bertz CT molecular complexity index is 533. The Morgan fingerprint density at radius 3 is 2.48 bits per heavy atom. The van der Waals surface area contributed by atoms with Crippen LogP contribution in [0.4, 0.5) is 28.0 Å². The lowest BCUT2D eigenvalue weighted by Crippen LogP contribution is -2.48. The highest BCUT2D eigenvalue weighted by molar-refractivity contribution is 7.98. The molecular weight excluding hydrogens is 312 g/mol. The van der Waals surface area contributed by atoms with Crippen LogP contribution in [0.15, 0.2) is 17.0 Å². The summed E-state index contributed by atoms with van der Waals surface area (Å²) in [6.45, 7) is -1.10. The predicted molar refractivity (Wildman–Crippen MR) is 69.8 cm³/mol. The molecule has 1 heterocycles. The normalized spacial score (nSPS) is 20.3. The van der Waals surface area contributed by atoms with Gasteiger partial charge in [-0.1, -0.05) is 0 Å². The monoisotopic (exact) mass is 324 g/mol. The van der Waals surface area contributed by atoms with Crippen molar-refractivity contribution in [3.8, 4) is 0 Å². The minimum atomic E-state index is -3.17. The first-order valence-corrected chi connectivity index (χ1v) is 7.12. The molecule has 9 heteroatoms. The van der Waals surface area contributed by atoms with Gasteiger partial charge in [0.2, 0.25) is 0 Å². The molecule has 1 saturated heterocycles. The molecule has 116 valence electrons. The molecule has 2 amide bonds. The van der Waals surface area contributed by atoms with Crippen LogP contribution < -0.4 is 10.6 Å². The van der Waals surface area contributed by atoms with Gasteiger partial charge in [0.05, 0.1) is 11.5 Å². The zero-order valence-corrected chi connectivity index (χ0v) is 11.7. The summed E-state index contributed by atoms with van der Waals surface area (Å²) in [6.07, 6.45) is 1.50. The number of rotatable bonds is 3. The van der Waals surface area contributed by atoms with E-state index in [1.165, 1.54) is 6.26 Å². The quantitative estimate of drug-likeness (QED) is 0.664. The zero-order valence-electron chi connectivity index (χ0n) is 10.9. The molecule has 1 aliphatic rings. The summed E-state index contributed by atoms with van der Waals surface area (Å²) in [4.78, 5) is 11.4. The van der Waals surface area contributed by atoms with Gasteiger partial charge in [-0.2, -0.15) is 0 Å². The lowest BCUT2D eigenvalue weighted by Gasteiger charge is -2.18. The van der Waals surface area contributed by atoms with Gasteiger partial charge in [0, 0.05) is 5.69 Å². The van der Waals surface area contributed by atoms with Gasteiger partial charge >= 0.3 is 6.03 Å². The van der Waals surface area contributed by atoms with Crippen molar-refractivity contribution in [2.45, 2.75) is 16.9 Å². The Balaban J connectivity index is 2.03. The number of hydrogen-bond donors (Lipinski definition) is 2. The summed E-state index contributed by atoms with van der Waals surface area (Å²) in [6, 6.07) is -0.631. The fraction of sp³-hybridized carbons (Fsp3) is 0.417. The molecule has 1 aliphatic heterocycles. The second kappa shape index (κ2) is 6.10. The van der Waals surface area contributed by atoms with E-state index in [2.05, 4.69) is 10.1 Å². The summed E-state index contributed by atoms with van der Waals surface area (Å²) < 4.78 is 58.1. The number of ether oxygens (including phenoxy) is 1. The van der Waals surface area contributed by atoms with Gasteiger partial charge in [0.25, 0.3) is 5.92 Å². The highest BCUT2D eigenvalue weighted by Gasteiger charge is 2.46. The van der Waals surface area contributed by atoms with Crippen molar-refractivity contribution in [3.63, 3.8) is 0 Å². The molecule has 2 rings (SSSR count). The lowest BCUT2D eigenvalue weighted by atomic mass is 10.2. The van der Waals surface area contributed by atoms with E-state index in [1.54, 1.807) is 0 Å². The second-order valence-corrected chi connectivity index (χ2v) is 5.22. The summed E-state index contributed by atoms with van der Waals surface area (Å²) in [5, 5.41) is 4.12. The maximum Gasteiger partial charge on any atom is 0.319 e. The highest BCUT2D eigenvalue weighted by atomic mass is 32.2. The molecule has 0 spiro atoms. The number of amides is 2. The third-order valence-corrected chi connectivity index (χ3v) is 3.65. The van der Waals surface area contributed by atoms with Crippen molar-refractivity contribution in [3.05, 3.63) is 23.8 Å². The Hall–Kier alpha value is -1.48. The van der Waals surface area contributed by atoms with Gasteiger partial charge in [-0.3, -0.25) is 0 Å². The van der Waals surface area contributed by atoms with Gasteiger partial charge in [0.1, 0.15) is 24.3 Å². The average Bonchev–Trinajstić information content (AvgIpc) is 2.68. The first-order valence-electron chi connectivity index (χ1n) is 5.89. The van der Waals surface area contributed by atoms with Crippen LogP contribution in [0, 0.1) is 11.6 Å². The van der Waals surface area contributed by atoms with E-state index >= 15 is 0 Å². The Labute approximate surface area is 122 Å². The van der Waals surface area contributed by atoms with Crippen molar-refractivity contribution < 1.29 is 27.1 Å². The van der Waals surface area contributed by atoms with Crippen LogP contribution in [0.1, 0.15) is 0 Å². The Morgan fingerprint density at radius 2 is 2.00 bits per heavy atom. The van der Waals surface area contributed by atoms with E-state index in [0.29, 0.717) is 0 Å². The van der Waals surface area contributed by atoms with Gasteiger partial charge < -0.3 is 15.4 Å². The minimum Gasteiger partial charge on any atom is -0.373 e. The molecule has 0 aliphatic carbocycles. The van der Waals surface area contributed by atoms with Crippen molar-refractivity contribution in [2.75, 3.05) is 24.8 Å². The summed E-state index contributed by atoms with van der Waals surface area (Å²) in [5.41, 5.74) is -0.164. The molecule has 2 N–H and O–H groups in total. The number of carbonyl (C=O) groups excluding carboxylic acids is 1. The fourth-order valence-electron chi connectivity index (χ4n) is 1.84. The van der Waals surface area contributed by atoms with Gasteiger partial charge in [0.15, 0.2) is 0 Å². The smallest absolute Gasteiger partial charge is 0.319 e. The lowest BCUT2D eigenvalue weighted by molar-refractivity contribution is -0.0212. The van der Waals surface area contributed by atoms with Crippen molar-refractivity contribution in [2.24, 2.45) is 0 Å². The molecule has 1 aromatic rings.